The molecule has 1 N–H and O–H groups in total. The van der Waals surface area contributed by atoms with Crippen LogP contribution in [0.15, 0.2) is 24.3 Å². The molecule has 110 valence electrons. The van der Waals surface area contributed by atoms with Crippen LogP contribution in [-0.2, 0) is 0 Å². The summed E-state index contributed by atoms with van der Waals surface area (Å²) < 4.78 is 5.66. The van der Waals surface area contributed by atoms with Gasteiger partial charge in [0, 0.05) is 32.2 Å². The lowest BCUT2D eigenvalue weighted by molar-refractivity contribution is 0.0697. The van der Waals surface area contributed by atoms with Gasteiger partial charge in [0.25, 0.3) is 0 Å². The van der Waals surface area contributed by atoms with E-state index in [1.54, 1.807) is 24.3 Å². The predicted octanol–water partition coefficient (Wildman–Crippen LogP) is 1.40. The molecule has 1 atom stereocenters. The van der Waals surface area contributed by atoms with Crippen LogP contribution < -0.4 is 4.74 Å². The Morgan fingerprint density at radius 3 is 2.65 bits per heavy atom. The minimum Gasteiger partial charge on any atom is -0.492 e. The van der Waals surface area contributed by atoms with E-state index < -0.39 is 5.97 Å². The third-order valence-electron chi connectivity index (χ3n) is 3.82. The van der Waals surface area contributed by atoms with Crippen LogP contribution in [0.25, 0.3) is 0 Å². The van der Waals surface area contributed by atoms with Crippen LogP contribution >= 0.6 is 0 Å². The van der Waals surface area contributed by atoms with Crippen molar-refractivity contribution >= 4 is 5.97 Å². The van der Waals surface area contributed by atoms with Gasteiger partial charge in [-0.15, -0.1) is 0 Å². The smallest absolute Gasteiger partial charge is 0.335 e. The van der Waals surface area contributed by atoms with E-state index in [2.05, 4.69) is 23.8 Å². The van der Waals surface area contributed by atoms with E-state index in [1.807, 2.05) is 0 Å². The summed E-state index contributed by atoms with van der Waals surface area (Å²) in [5.41, 5.74) is 0.283. The molecule has 0 spiro atoms. The lowest BCUT2D eigenvalue weighted by Gasteiger charge is -2.37. The summed E-state index contributed by atoms with van der Waals surface area (Å²) in [6, 6.07) is 7.12. The Balaban J connectivity index is 1.74. The SMILES string of the molecule is CC1CN(CCOc2ccc(C(=O)O)cc2)CCN1C. The number of nitrogens with zero attached hydrogens (tertiary/aromatic N) is 2. The van der Waals surface area contributed by atoms with Gasteiger partial charge >= 0.3 is 5.97 Å². The van der Waals surface area contributed by atoms with Crippen molar-refractivity contribution in [1.82, 2.24) is 9.80 Å². The van der Waals surface area contributed by atoms with Crippen LogP contribution in [0.5, 0.6) is 5.75 Å². The number of piperazine rings is 1. The van der Waals surface area contributed by atoms with Gasteiger partial charge in [-0.25, -0.2) is 4.79 Å². The van der Waals surface area contributed by atoms with E-state index in [1.165, 1.54) is 0 Å². The molecule has 1 unspecified atom stereocenters. The van der Waals surface area contributed by atoms with Gasteiger partial charge in [-0.2, -0.15) is 0 Å². The van der Waals surface area contributed by atoms with Crippen LogP contribution in [0.2, 0.25) is 0 Å². The first-order valence-corrected chi connectivity index (χ1v) is 6.95. The monoisotopic (exact) mass is 278 g/mol. The second kappa shape index (κ2) is 6.72. The van der Waals surface area contributed by atoms with Crippen molar-refractivity contribution < 1.29 is 14.6 Å². The van der Waals surface area contributed by atoms with Crippen molar-refractivity contribution in [3.05, 3.63) is 29.8 Å². The van der Waals surface area contributed by atoms with Gasteiger partial charge in [-0.05, 0) is 38.2 Å². The fourth-order valence-corrected chi connectivity index (χ4v) is 2.31. The third-order valence-corrected chi connectivity index (χ3v) is 3.82. The van der Waals surface area contributed by atoms with Crippen LogP contribution in [-0.4, -0.2) is 66.8 Å². The molecule has 20 heavy (non-hydrogen) atoms. The predicted molar refractivity (Wildman–Crippen MR) is 77.4 cm³/mol. The van der Waals surface area contributed by atoms with Gasteiger partial charge in [0.2, 0.25) is 0 Å². The fraction of sp³-hybridized carbons (Fsp3) is 0.533. The standard InChI is InChI=1S/C15H22N2O3/c1-12-11-17(8-7-16(12)2)9-10-20-14-5-3-13(4-6-14)15(18)19/h3-6,12H,7-11H2,1-2H3,(H,18,19). The van der Waals surface area contributed by atoms with E-state index in [9.17, 15) is 4.79 Å². The first-order valence-electron chi connectivity index (χ1n) is 6.95. The molecule has 0 aliphatic carbocycles. The molecule has 0 radical (unpaired) electrons. The van der Waals surface area contributed by atoms with Crippen molar-refractivity contribution in [3.63, 3.8) is 0 Å². The lowest BCUT2D eigenvalue weighted by atomic mass is 10.2. The number of ether oxygens (including phenoxy) is 1. The number of carboxylic acid groups (broad SMARTS) is 1. The summed E-state index contributed by atoms with van der Waals surface area (Å²) in [6.45, 7) is 6.99. The summed E-state index contributed by atoms with van der Waals surface area (Å²) in [5, 5.41) is 8.82. The van der Waals surface area contributed by atoms with Crippen molar-refractivity contribution in [3.8, 4) is 5.75 Å². The number of hydrogen-bond acceptors (Lipinski definition) is 4. The second-order valence-corrected chi connectivity index (χ2v) is 5.31. The zero-order valence-electron chi connectivity index (χ0n) is 12.1. The lowest BCUT2D eigenvalue weighted by Crippen LogP contribution is -2.50. The number of likely N-dealkylation sites (N-methyl/N-ethyl adjacent to an activating group) is 1. The molecule has 0 saturated carbocycles. The minimum absolute atomic E-state index is 0.283. The molecule has 5 heteroatoms. The summed E-state index contributed by atoms with van der Waals surface area (Å²) in [7, 11) is 2.16. The van der Waals surface area contributed by atoms with E-state index in [0.29, 0.717) is 12.6 Å². The topological polar surface area (TPSA) is 53.0 Å². The zero-order valence-corrected chi connectivity index (χ0v) is 12.1. The first kappa shape index (κ1) is 14.8. The molecule has 2 rings (SSSR count). The summed E-state index contributed by atoms with van der Waals surface area (Å²) >= 11 is 0. The maximum Gasteiger partial charge on any atom is 0.335 e. The molecule has 1 aromatic rings. The average Bonchev–Trinajstić information content (AvgIpc) is 2.43. The first-order chi connectivity index (χ1) is 9.56. The van der Waals surface area contributed by atoms with Gasteiger partial charge < -0.3 is 14.7 Å². The number of hydrogen-bond donors (Lipinski definition) is 1. The largest absolute Gasteiger partial charge is 0.492 e. The Hall–Kier alpha value is -1.59. The van der Waals surface area contributed by atoms with Crippen molar-refractivity contribution in [2.45, 2.75) is 13.0 Å². The molecule has 1 fully saturated rings. The highest BCUT2D eigenvalue weighted by atomic mass is 16.5. The maximum absolute atomic E-state index is 10.7. The minimum atomic E-state index is -0.914. The fourth-order valence-electron chi connectivity index (χ4n) is 2.31. The Morgan fingerprint density at radius 1 is 1.35 bits per heavy atom. The number of carboxylic acids is 1. The van der Waals surface area contributed by atoms with Crippen molar-refractivity contribution in [2.24, 2.45) is 0 Å². The molecular weight excluding hydrogens is 256 g/mol. The molecule has 1 saturated heterocycles. The van der Waals surface area contributed by atoms with Crippen LogP contribution in [0.4, 0.5) is 0 Å². The molecular formula is C15H22N2O3. The Labute approximate surface area is 119 Å². The third kappa shape index (κ3) is 3.95. The quantitative estimate of drug-likeness (QED) is 0.882. The molecule has 0 bridgehead atoms. The number of carbonyl (C=O) groups is 1. The molecule has 1 heterocycles. The van der Waals surface area contributed by atoms with E-state index in [0.717, 1.165) is 31.9 Å². The van der Waals surface area contributed by atoms with Crippen LogP contribution in [0.3, 0.4) is 0 Å². The van der Waals surface area contributed by atoms with Gasteiger partial charge in [-0.3, -0.25) is 4.90 Å². The van der Waals surface area contributed by atoms with E-state index >= 15 is 0 Å². The van der Waals surface area contributed by atoms with Crippen molar-refractivity contribution in [2.75, 3.05) is 39.8 Å². The highest BCUT2D eigenvalue weighted by Crippen LogP contribution is 2.12. The van der Waals surface area contributed by atoms with Gasteiger partial charge in [-0.1, -0.05) is 0 Å². The number of benzene rings is 1. The number of aromatic carboxylic acids is 1. The average molecular weight is 278 g/mol. The Bertz CT molecular complexity index is 447. The Morgan fingerprint density at radius 2 is 2.05 bits per heavy atom. The summed E-state index contributed by atoms with van der Waals surface area (Å²) in [4.78, 5) is 15.5. The van der Waals surface area contributed by atoms with Gasteiger partial charge in [0.05, 0.1) is 5.56 Å². The molecule has 1 aliphatic heterocycles. The highest BCUT2D eigenvalue weighted by molar-refractivity contribution is 5.87. The normalized spacial score (nSPS) is 20.8. The van der Waals surface area contributed by atoms with E-state index in [4.69, 9.17) is 9.84 Å². The molecule has 0 aromatic heterocycles. The van der Waals surface area contributed by atoms with Crippen LogP contribution in [0.1, 0.15) is 17.3 Å². The summed E-state index contributed by atoms with van der Waals surface area (Å²) in [6.07, 6.45) is 0. The van der Waals surface area contributed by atoms with Gasteiger partial charge in [0.1, 0.15) is 12.4 Å². The molecule has 1 aromatic carbocycles. The Kier molecular flexibility index (Phi) is 4.98. The molecule has 0 amide bonds. The molecule has 1 aliphatic rings. The zero-order chi connectivity index (χ0) is 14.5. The van der Waals surface area contributed by atoms with E-state index in [-0.39, 0.29) is 5.56 Å². The molecule has 5 nitrogen and oxygen atoms in total. The number of rotatable bonds is 5. The van der Waals surface area contributed by atoms with Crippen LogP contribution in [0, 0.1) is 0 Å². The maximum atomic E-state index is 10.7. The van der Waals surface area contributed by atoms with Crippen molar-refractivity contribution in [1.29, 1.82) is 0 Å². The highest BCUT2D eigenvalue weighted by Gasteiger charge is 2.19. The van der Waals surface area contributed by atoms with Gasteiger partial charge in [0.15, 0.2) is 0 Å². The second-order valence-electron chi connectivity index (χ2n) is 5.31. The summed E-state index contributed by atoms with van der Waals surface area (Å²) in [5.74, 6) is -0.194.